The van der Waals surface area contributed by atoms with Crippen molar-refractivity contribution in [1.29, 1.82) is 0 Å². The Morgan fingerprint density at radius 1 is 1.40 bits per heavy atom. The standard InChI is InChI=1S/C19H26N4OS/c1-3-5-16(24)22-13-9-19(10-13)6-7-23(11-19)17-15-8-14(4-2)25-18(15)21-12-20-17/h8,12-13H,3-7,9-11H2,1-2H3,(H,22,24). The highest BCUT2D eigenvalue weighted by atomic mass is 32.1. The number of hydrogen-bond acceptors (Lipinski definition) is 5. The third kappa shape index (κ3) is 3.12. The lowest BCUT2D eigenvalue weighted by atomic mass is 9.65. The first-order chi connectivity index (χ1) is 12.1. The van der Waals surface area contributed by atoms with Gasteiger partial charge in [-0.1, -0.05) is 13.8 Å². The summed E-state index contributed by atoms with van der Waals surface area (Å²) >= 11 is 1.78. The lowest BCUT2D eigenvalue weighted by molar-refractivity contribution is -0.123. The first-order valence-corrected chi connectivity index (χ1v) is 10.2. The Kier molecular flexibility index (Phi) is 4.40. The number of aryl methyl sites for hydroxylation is 1. The second-order valence-electron chi connectivity index (χ2n) is 7.58. The van der Waals surface area contributed by atoms with Gasteiger partial charge >= 0.3 is 0 Å². The molecule has 1 saturated heterocycles. The molecule has 1 aliphatic carbocycles. The molecule has 0 unspecified atom stereocenters. The van der Waals surface area contributed by atoms with Crippen molar-refractivity contribution in [3.8, 4) is 0 Å². The topological polar surface area (TPSA) is 58.1 Å². The maximum atomic E-state index is 11.8. The van der Waals surface area contributed by atoms with Gasteiger partial charge in [0.25, 0.3) is 0 Å². The maximum Gasteiger partial charge on any atom is 0.220 e. The molecule has 0 radical (unpaired) electrons. The van der Waals surface area contributed by atoms with Crippen LogP contribution < -0.4 is 10.2 Å². The van der Waals surface area contributed by atoms with E-state index in [4.69, 9.17) is 0 Å². The minimum absolute atomic E-state index is 0.208. The van der Waals surface area contributed by atoms with Crippen molar-refractivity contribution in [2.75, 3.05) is 18.0 Å². The molecular weight excluding hydrogens is 332 g/mol. The number of thiophene rings is 1. The highest BCUT2D eigenvalue weighted by Gasteiger charge is 2.49. The summed E-state index contributed by atoms with van der Waals surface area (Å²) in [5.41, 5.74) is 0.366. The Bertz CT molecular complexity index is 781. The predicted molar refractivity (Wildman–Crippen MR) is 102 cm³/mol. The average Bonchev–Trinajstić information content (AvgIpc) is 3.18. The SMILES string of the molecule is CCCC(=O)NC1CC2(CCN(c3ncnc4sc(CC)cc34)C2)C1. The van der Waals surface area contributed by atoms with E-state index in [0.717, 1.165) is 49.4 Å². The van der Waals surface area contributed by atoms with Gasteiger partial charge in [0.05, 0.1) is 5.39 Å². The van der Waals surface area contributed by atoms with E-state index >= 15 is 0 Å². The molecule has 5 nitrogen and oxygen atoms in total. The minimum atomic E-state index is 0.208. The van der Waals surface area contributed by atoms with Crippen molar-refractivity contribution in [2.45, 2.75) is 58.4 Å². The molecule has 6 heteroatoms. The van der Waals surface area contributed by atoms with Crippen molar-refractivity contribution in [3.05, 3.63) is 17.3 Å². The lowest BCUT2D eigenvalue weighted by Crippen LogP contribution is -2.51. The fraction of sp³-hybridized carbons (Fsp3) is 0.632. The van der Waals surface area contributed by atoms with Crippen LogP contribution in [0.5, 0.6) is 0 Å². The molecule has 3 heterocycles. The molecule has 0 aromatic carbocycles. The molecule has 1 N–H and O–H groups in total. The number of nitrogens with one attached hydrogen (secondary N) is 1. The highest BCUT2D eigenvalue weighted by Crippen LogP contribution is 2.49. The molecule has 25 heavy (non-hydrogen) atoms. The van der Waals surface area contributed by atoms with Crippen LogP contribution in [0.2, 0.25) is 0 Å². The van der Waals surface area contributed by atoms with Gasteiger partial charge in [0.1, 0.15) is 17.0 Å². The van der Waals surface area contributed by atoms with Crippen LogP contribution >= 0.6 is 11.3 Å². The number of amides is 1. The van der Waals surface area contributed by atoms with E-state index in [1.165, 1.54) is 16.7 Å². The Morgan fingerprint density at radius 2 is 2.24 bits per heavy atom. The van der Waals surface area contributed by atoms with Crippen LogP contribution in [-0.4, -0.2) is 35.0 Å². The van der Waals surface area contributed by atoms with Crippen LogP contribution in [-0.2, 0) is 11.2 Å². The van der Waals surface area contributed by atoms with Crippen LogP contribution in [0.4, 0.5) is 5.82 Å². The number of fused-ring (bicyclic) bond motifs is 1. The number of nitrogens with zero attached hydrogens (tertiary/aromatic N) is 3. The van der Waals surface area contributed by atoms with Gasteiger partial charge < -0.3 is 10.2 Å². The molecule has 134 valence electrons. The number of anilines is 1. The van der Waals surface area contributed by atoms with Crippen molar-refractivity contribution < 1.29 is 4.79 Å². The quantitative estimate of drug-likeness (QED) is 0.888. The van der Waals surface area contributed by atoms with Gasteiger partial charge in [-0.05, 0) is 43.6 Å². The fourth-order valence-electron chi connectivity index (χ4n) is 4.38. The number of carbonyl (C=O) groups excluding carboxylic acids is 1. The molecule has 1 aliphatic heterocycles. The van der Waals surface area contributed by atoms with Crippen molar-refractivity contribution >= 4 is 33.3 Å². The third-order valence-corrected chi connectivity index (χ3v) is 6.83. The van der Waals surface area contributed by atoms with E-state index in [0.29, 0.717) is 17.9 Å². The molecule has 2 aliphatic rings. The zero-order valence-corrected chi connectivity index (χ0v) is 15.9. The lowest BCUT2D eigenvalue weighted by Gasteiger charge is -2.45. The Balaban J connectivity index is 1.44. The van der Waals surface area contributed by atoms with Gasteiger partial charge in [0.2, 0.25) is 5.91 Å². The zero-order chi connectivity index (χ0) is 17.4. The van der Waals surface area contributed by atoms with Gasteiger partial charge in [0, 0.05) is 30.4 Å². The van der Waals surface area contributed by atoms with Gasteiger partial charge in [0.15, 0.2) is 0 Å². The largest absolute Gasteiger partial charge is 0.355 e. The second-order valence-corrected chi connectivity index (χ2v) is 8.69. The summed E-state index contributed by atoms with van der Waals surface area (Å²) in [6.07, 6.45) is 7.72. The summed E-state index contributed by atoms with van der Waals surface area (Å²) in [4.78, 5) is 25.7. The fourth-order valence-corrected chi connectivity index (χ4v) is 5.31. The van der Waals surface area contributed by atoms with Crippen LogP contribution in [0.1, 0.15) is 50.8 Å². The summed E-state index contributed by atoms with van der Waals surface area (Å²) in [6, 6.07) is 2.63. The predicted octanol–water partition coefficient (Wildman–Crippen LogP) is 3.53. The molecule has 1 saturated carbocycles. The van der Waals surface area contributed by atoms with Crippen molar-refractivity contribution in [2.24, 2.45) is 5.41 Å². The summed E-state index contributed by atoms with van der Waals surface area (Å²) in [6.45, 7) is 6.34. The average molecular weight is 359 g/mol. The Morgan fingerprint density at radius 3 is 3.00 bits per heavy atom. The Labute approximate surface area is 152 Å². The van der Waals surface area contributed by atoms with E-state index in [1.807, 2.05) is 6.92 Å². The molecule has 0 bridgehead atoms. The van der Waals surface area contributed by atoms with Crippen LogP contribution in [0.3, 0.4) is 0 Å². The monoisotopic (exact) mass is 358 g/mol. The first-order valence-electron chi connectivity index (χ1n) is 9.40. The molecule has 1 spiro atoms. The number of hydrogen-bond donors (Lipinski definition) is 1. The summed E-state index contributed by atoms with van der Waals surface area (Å²) in [5, 5.41) is 4.38. The molecule has 2 aromatic rings. The van der Waals surface area contributed by atoms with E-state index in [2.05, 4.69) is 33.2 Å². The van der Waals surface area contributed by atoms with Crippen LogP contribution in [0.25, 0.3) is 10.2 Å². The van der Waals surface area contributed by atoms with Gasteiger partial charge in [-0.25, -0.2) is 9.97 Å². The van der Waals surface area contributed by atoms with Gasteiger partial charge in [-0.3, -0.25) is 4.79 Å². The first kappa shape index (κ1) is 16.8. The molecule has 0 atom stereocenters. The van der Waals surface area contributed by atoms with Gasteiger partial charge in [-0.2, -0.15) is 0 Å². The number of aromatic nitrogens is 2. The van der Waals surface area contributed by atoms with E-state index in [9.17, 15) is 4.79 Å². The smallest absolute Gasteiger partial charge is 0.220 e. The zero-order valence-electron chi connectivity index (χ0n) is 15.0. The summed E-state index contributed by atoms with van der Waals surface area (Å²) in [5.74, 6) is 1.30. The molecular formula is C19H26N4OS. The Hall–Kier alpha value is -1.69. The van der Waals surface area contributed by atoms with E-state index in [-0.39, 0.29) is 5.91 Å². The number of rotatable bonds is 5. The summed E-state index contributed by atoms with van der Waals surface area (Å²) in [7, 11) is 0. The van der Waals surface area contributed by atoms with Crippen LogP contribution in [0, 0.1) is 5.41 Å². The summed E-state index contributed by atoms with van der Waals surface area (Å²) < 4.78 is 0. The van der Waals surface area contributed by atoms with Crippen molar-refractivity contribution in [3.63, 3.8) is 0 Å². The highest BCUT2D eigenvalue weighted by molar-refractivity contribution is 7.18. The minimum Gasteiger partial charge on any atom is -0.355 e. The normalized spacial score (nSPS) is 25.5. The molecule has 4 rings (SSSR count). The van der Waals surface area contributed by atoms with E-state index < -0.39 is 0 Å². The second kappa shape index (κ2) is 6.56. The van der Waals surface area contributed by atoms with Crippen LogP contribution in [0.15, 0.2) is 12.4 Å². The van der Waals surface area contributed by atoms with E-state index in [1.54, 1.807) is 17.7 Å². The molecule has 2 fully saturated rings. The third-order valence-electron chi connectivity index (χ3n) is 5.65. The molecule has 2 aromatic heterocycles. The van der Waals surface area contributed by atoms with Crippen molar-refractivity contribution in [1.82, 2.24) is 15.3 Å². The molecule has 1 amide bonds. The van der Waals surface area contributed by atoms with Gasteiger partial charge in [-0.15, -0.1) is 11.3 Å². The maximum absolute atomic E-state index is 11.8. The number of carbonyl (C=O) groups is 1.